The molecule has 1 N–H and O–H groups in total. The summed E-state index contributed by atoms with van der Waals surface area (Å²) in [5.74, 6) is 0.174. The van der Waals surface area contributed by atoms with E-state index in [0.29, 0.717) is 12.6 Å². The highest BCUT2D eigenvalue weighted by Gasteiger charge is 2.16. The molecule has 0 aliphatic heterocycles. The predicted octanol–water partition coefficient (Wildman–Crippen LogP) is 3.70. The first-order valence-electron chi connectivity index (χ1n) is 7.97. The van der Waals surface area contributed by atoms with Gasteiger partial charge in [-0.2, -0.15) is 0 Å². The van der Waals surface area contributed by atoms with Crippen LogP contribution in [0.25, 0.3) is 0 Å². The SMILES string of the molecule is Cc1cc(C(=O)CNCCc2ccccc2)c(C)n1C(C)C. The number of carbonyl (C=O) groups is 1. The number of nitrogens with one attached hydrogen (secondary N) is 1. The number of ketones is 1. The fourth-order valence-corrected chi connectivity index (χ4v) is 3.03. The van der Waals surface area contributed by atoms with Gasteiger partial charge in [0.1, 0.15) is 0 Å². The van der Waals surface area contributed by atoms with Crippen LogP contribution in [0.4, 0.5) is 0 Å². The fraction of sp³-hybridized carbons (Fsp3) is 0.421. The van der Waals surface area contributed by atoms with Gasteiger partial charge in [0.15, 0.2) is 5.78 Å². The molecule has 1 aromatic carbocycles. The molecule has 3 heteroatoms. The van der Waals surface area contributed by atoms with Crippen LogP contribution < -0.4 is 5.32 Å². The van der Waals surface area contributed by atoms with Crippen molar-refractivity contribution in [3.63, 3.8) is 0 Å². The minimum absolute atomic E-state index is 0.174. The lowest BCUT2D eigenvalue weighted by atomic mass is 10.1. The molecule has 0 saturated heterocycles. The van der Waals surface area contributed by atoms with E-state index >= 15 is 0 Å². The molecule has 2 aromatic rings. The number of hydrogen-bond donors (Lipinski definition) is 1. The smallest absolute Gasteiger partial charge is 0.178 e. The number of aromatic nitrogens is 1. The maximum atomic E-state index is 12.4. The number of benzene rings is 1. The quantitative estimate of drug-likeness (QED) is 0.624. The molecule has 0 bridgehead atoms. The van der Waals surface area contributed by atoms with Crippen LogP contribution in [0.5, 0.6) is 0 Å². The number of hydrogen-bond acceptors (Lipinski definition) is 2. The first-order chi connectivity index (χ1) is 10.5. The lowest BCUT2D eigenvalue weighted by Crippen LogP contribution is -2.25. The zero-order valence-corrected chi connectivity index (χ0v) is 14.0. The van der Waals surface area contributed by atoms with E-state index < -0.39 is 0 Å². The van der Waals surface area contributed by atoms with Crippen molar-refractivity contribution in [1.29, 1.82) is 0 Å². The summed E-state index contributed by atoms with van der Waals surface area (Å²) in [4.78, 5) is 12.4. The van der Waals surface area contributed by atoms with Crippen molar-refractivity contribution < 1.29 is 4.79 Å². The van der Waals surface area contributed by atoms with E-state index in [1.165, 1.54) is 5.56 Å². The summed E-state index contributed by atoms with van der Waals surface area (Å²) >= 11 is 0. The second-order valence-corrected chi connectivity index (χ2v) is 6.08. The molecule has 2 rings (SSSR count). The first-order valence-corrected chi connectivity index (χ1v) is 7.97. The maximum Gasteiger partial charge on any atom is 0.178 e. The molecule has 0 unspecified atom stereocenters. The number of Topliss-reactive ketones (excluding diaryl/α,β-unsaturated/α-hetero) is 1. The minimum Gasteiger partial charge on any atom is -0.346 e. The Balaban J connectivity index is 1.89. The Morgan fingerprint density at radius 1 is 1.18 bits per heavy atom. The Bertz CT molecular complexity index is 626. The second kappa shape index (κ2) is 7.41. The number of aryl methyl sites for hydroxylation is 1. The summed E-state index contributed by atoms with van der Waals surface area (Å²) < 4.78 is 2.22. The van der Waals surface area contributed by atoms with Crippen LogP contribution in [0.15, 0.2) is 36.4 Å². The summed E-state index contributed by atoms with van der Waals surface area (Å²) in [5.41, 5.74) is 4.36. The molecule has 0 radical (unpaired) electrons. The number of carbonyl (C=O) groups excluding carboxylic acids is 1. The average Bonchev–Trinajstić information content (AvgIpc) is 2.79. The Morgan fingerprint density at radius 3 is 2.45 bits per heavy atom. The van der Waals surface area contributed by atoms with Gasteiger partial charge in [0.25, 0.3) is 0 Å². The number of rotatable bonds is 7. The van der Waals surface area contributed by atoms with E-state index in [2.05, 4.69) is 42.8 Å². The molecule has 0 atom stereocenters. The van der Waals surface area contributed by atoms with E-state index in [1.54, 1.807) is 0 Å². The van der Waals surface area contributed by atoms with Gasteiger partial charge in [0.2, 0.25) is 0 Å². The van der Waals surface area contributed by atoms with Gasteiger partial charge in [-0.3, -0.25) is 4.79 Å². The van der Waals surface area contributed by atoms with Crippen molar-refractivity contribution in [2.75, 3.05) is 13.1 Å². The third kappa shape index (κ3) is 3.86. The summed E-state index contributed by atoms with van der Waals surface area (Å²) in [6.45, 7) is 9.60. The Labute approximate surface area is 133 Å². The third-order valence-electron chi connectivity index (χ3n) is 4.02. The summed E-state index contributed by atoms with van der Waals surface area (Å²) in [6.07, 6.45) is 0.944. The monoisotopic (exact) mass is 298 g/mol. The highest BCUT2D eigenvalue weighted by atomic mass is 16.1. The standard InChI is InChI=1S/C19H26N2O/c1-14(2)21-15(3)12-18(16(21)4)19(22)13-20-11-10-17-8-6-5-7-9-17/h5-9,12,14,20H,10-11,13H2,1-4H3. The Morgan fingerprint density at radius 2 is 1.86 bits per heavy atom. The van der Waals surface area contributed by atoms with Crippen LogP contribution in [0.1, 0.15) is 47.2 Å². The largest absolute Gasteiger partial charge is 0.346 e. The van der Waals surface area contributed by atoms with Crippen molar-refractivity contribution >= 4 is 5.78 Å². The van der Waals surface area contributed by atoms with E-state index in [1.807, 2.05) is 31.2 Å². The molecule has 1 heterocycles. The van der Waals surface area contributed by atoms with Crippen LogP contribution in [0, 0.1) is 13.8 Å². The van der Waals surface area contributed by atoms with Crippen molar-refractivity contribution in [3.8, 4) is 0 Å². The zero-order valence-electron chi connectivity index (χ0n) is 14.0. The van der Waals surface area contributed by atoms with Gasteiger partial charge in [-0.25, -0.2) is 0 Å². The van der Waals surface area contributed by atoms with Crippen molar-refractivity contribution in [1.82, 2.24) is 9.88 Å². The lowest BCUT2D eigenvalue weighted by Gasteiger charge is -2.13. The van der Waals surface area contributed by atoms with Gasteiger partial charge in [-0.05, 0) is 52.3 Å². The van der Waals surface area contributed by atoms with Crippen molar-refractivity contribution in [2.45, 2.75) is 40.2 Å². The number of nitrogens with zero attached hydrogens (tertiary/aromatic N) is 1. The van der Waals surface area contributed by atoms with E-state index in [-0.39, 0.29) is 5.78 Å². The van der Waals surface area contributed by atoms with Gasteiger partial charge >= 0.3 is 0 Å². The molecule has 118 valence electrons. The molecular weight excluding hydrogens is 272 g/mol. The van der Waals surface area contributed by atoms with Gasteiger partial charge in [0, 0.05) is 23.0 Å². The highest BCUT2D eigenvalue weighted by Crippen LogP contribution is 2.20. The predicted molar refractivity (Wildman–Crippen MR) is 91.6 cm³/mol. The average molecular weight is 298 g/mol. The third-order valence-corrected chi connectivity index (χ3v) is 4.02. The van der Waals surface area contributed by atoms with E-state index in [0.717, 1.165) is 29.9 Å². The molecular formula is C19H26N2O. The first kappa shape index (κ1) is 16.5. The Hall–Kier alpha value is -1.87. The molecule has 0 spiro atoms. The van der Waals surface area contributed by atoms with Gasteiger partial charge in [0.05, 0.1) is 6.54 Å². The normalized spacial score (nSPS) is 11.1. The van der Waals surface area contributed by atoms with Crippen molar-refractivity contribution in [2.24, 2.45) is 0 Å². The molecule has 0 saturated carbocycles. The summed E-state index contributed by atoms with van der Waals surface area (Å²) in [5, 5.41) is 3.26. The van der Waals surface area contributed by atoms with Gasteiger partial charge in [-0.1, -0.05) is 30.3 Å². The van der Waals surface area contributed by atoms with Crippen LogP contribution in [-0.4, -0.2) is 23.4 Å². The van der Waals surface area contributed by atoms with E-state index in [9.17, 15) is 4.79 Å². The Kier molecular flexibility index (Phi) is 5.56. The molecule has 0 aliphatic rings. The molecule has 1 aromatic heterocycles. The maximum absolute atomic E-state index is 12.4. The molecule has 0 fully saturated rings. The molecule has 22 heavy (non-hydrogen) atoms. The van der Waals surface area contributed by atoms with Crippen molar-refractivity contribution in [3.05, 3.63) is 58.9 Å². The van der Waals surface area contributed by atoms with Crippen LogP contribution in [0.3, 0.4) is 0 Å². The minimum atomic E-state index is 0.174. The van der Waals surface area contributed by atoms with E-state index in [4.69, 9.17) is 0 Å². The molecule has 0 amide bonds. The van der Waals surface area contributed by atoms with Crippen LogP contribution >= 0.6 is 0 Å². The molecule has 3 nitrogen and oxygen atoms in total. The van der Waals surface area contributed by atoms with Gasteiger partial charge in [-0.15, -0.1) is 0 Å². The zero-order chi connectivity index (χ0) is 16.1. The highest BCUT2D eigenvalue weighted by molar-refractivity contribution is 5.99. The summed E-state index contributed by atoms with van der Waals surface area (Å²) in [7, 11) is 0. The topological polar surface area (TPSA) is 34.0 Å². The van der Waals surface area contributed by atoms with Crippen LogP contribution in [-0.2, 0) is 6.42 Å². The molecule has 0 aliphatic carbocycles. The van der Waals surface area contributed by atoms with Crippen LogP contribution in [0.2, 0.25) is 0 Å². The fourth-order valence-electron chi connectivity index (χ4n) is 3.03. The lowest BCUT2D eigenvalue weighted by molar-refractivity contribution is 0.0990. The second-order valence-electron chi connectivity index (χ2n) is 6.08. The summed E-state index contributed by atoms with van der Waals surface area (Å²) in [6, 6.07) is 12.7. The van der Waals surface area contributed by atoms with Gasteiger partial charge < -0.3 is 9.88 Å².